The van der Waals surface area contributed by atoms with Gasteiger partial charge in [0, 0.05) is 41.6 Å². The second-order valence-electron chi connectivity index (χ2n) is 10.2. The second-order valence-corrected chi connectivity index (χ2v) is 11.1. The van der Waals surface area contributed by atoms with Crippen LogP contribution in [0.2, 0.25) is 10.0 Å². The number of imidazole rings is 1. The number of rotatable bonds is 11. The SMILES string of the molecule is O=C(NCc1ccc(Cl)cc1Cl)C(/C=C/C1CCCCC1)Nc1cc(-n2ccnc2)nc(NCc2cccc(F)c2)n1. The second kappa shape index (κ2) is 14.3. The summed E-state index contributed by atoms with van der Waals surface area (Å²) in [7, 11) is 0. The number of hydrogen-bond acceptors (Lipinski definition) is 6. The van der Waals surface area contributed by atoms with Crippen LogP contribution in [-0.4, -0.2) is 31.5 Å². The van der Waals surface area contributed by atoms with Crippen LogP contribution in [0.15, 0.2) is 79.4 Å². The van der Waals surface area contributed by atoms with Crippen molar-refractivity contribution in [1.29, 1.82) is 0 Å². The summed E-state index contributed by atoms with van der Waals surface area (Å²) in [6, 6.07) is 12.6. The molecule has 2 aromatic carbocycles. The molecule has 0 aliphatic heterocycles. The van der Waals surface area contributed by atoms with Gasteiger partial charge in [0.25, 0.3) is 0 Å². The van der Waals surface area contributed by atoms with E-state index in [1.54, 1.807) is 53.6 Å². The minimum Gasteiger partial charge on any atom is -0.355 e. The van der Waals surface area contributed by atoms with Crippen LogP contribution >= 0.6 is 23.2 Å². The van der Waals surface area contributed by atoms with E-state index in [4.69, 9.17) is 23.2 Å². The number of nitrogens with zero attached hydrogens (tertiary/aromatic N) is 4. The molecule has 0 bridgehead atoms. The molecule has 0 radical (unpaired) electrons. The van der Waals surface area contributed by atoms with Gasteiger partial charge in [-0.2, -0.15) is 9.97 Å². The van der Waals surface area contributed by atoms with Crippen LogP contribution < -0.4 is 16.0 Å². The van der Waals surface area contributed by atoms with Gasteiger partial charge in [0.05, 0.1) is 0 Å². The van der Waals surface area contributed by atoms with Crippen LogP contribution in [0.3, 0.4) is 0 Å². The summed E-state index contributed by atoms with van der Waals surface area (Å²) in [4.78, 5) is 26.9. The van der Waals surface area contributed by atoms with Crippen molar-refractivity contribution in [3.8, 4) is 5.82 Å². The first-order valence-corrected chi connectivity index (χ1v) is 14.7. The third kappa shape index (κ3) is 8.30. The van der Waals surface area contributed by atoms with Crippen molar-refractivity contribution in [3.05, 3.63) is 106 Å². The molecule has 1 amide bonds. The van der Waals surface area contributed by atoms with Crippen molar-refractivity contribution in [2.45, 2.75) is 51.2 Å². The van der Waals surface area contributed by atoms with Gasteiger partial charge in [-0.1, -0.05) is 72.8 Å². The predicted molar refractivity (Wildman–Crippen MR) is 164 cm³/mol. The molecular weight excluding hydrogens is 576 g/mol. The summed E-state index contributed by atoms with van der Waals surface area (Å²) in [6.07, 6.45) is 14.9. The lowest BCUT2D eigenvalue weighted by molar-refractivity contribution is -0.121. The summed E-state index contributed by atoms with van der Waals surface area (Å²) >= 11 is 12.4. The molecule has 4 aromatic rings. The van der Waals surface area contributed by atoms with Gasteiger partial charge >= 0.3 is 0 Å². The summed E-state index contributed by atoms with van der Waals surface area (Å²) in [6.45, 7) is 0.562. The molecule has 1 unspecified atom stereocenters. The quantitative estimate of drug-likeness (QED) is 0.160. The number of allylic oxidation sites excluding steroid dienone is 1. The fourth-order valence-corrected chi connectivity index (χ4v) is 5.33. The van der Waals surface area contributed by atoms with E-state index in [2.05, 4.69) is 37.0 Å². The Morgan fingerprint density at radius 1 is 1.07 bits per heavy atom. The van der Waals surface area contributed by atoms with E-state index in [-0.39, 0.29) is 18.3 Å². The zero-order valence-electron chi connectivity index (χ0n) is 22.9. The van der Waals surface area contributed by atoms with Crippen molar-refractivity contribution < 1.29 is 9.18 Å². The zero-order chi connectivity index (χ0) is 29.3. The average molecular weight is 609 g/mol. The van der Waals surface area contributed by atoms with Gasteiger partial charge in [0.15, 0.2) is 0 Å². The maximum atomic E-state index is 13.7. The molecule has 42 heavy (non-hydrogen) atoms. The monoisotopic (exact) mass is 607 g/mol. The summed E-state index contributed by atoms with van der Waals surface area (Å²) < 4.78 is 15.5. The van der Waals surface area contributed by atoms with Crippen molar-refractivity contribution >= 4 is 40.9 Å². The number of hydrogen-bond donors (Lipinski definition) is 3. The molecule has 1 saturated carbocycles. The van der Waals surface area contributed by atoms with Crippen LogP contribution in [0.5, 0.6) is 0 Å². The number of benzene rings is 2. The number of nitrogens with one attached hydrogen (secondary N) is 3. The van der Waals surface area contributed by atoms with Gasteiger partial charge in [-0.15, -0.1) is 0 Å². The molecule has 2 heterocycles. The highest BCUT2D eigenvalue weighted by atomic mass is 35.5. The molecule has 2 aromatic heterocycles. The number of anilines is 2. The first-order chi connectivity index (χ1) is 20.4. The van der Waals surface area contributed by atoms with Crippen molar-refractivity contribution in [2.75, 3.05) is 10.6 Å². The number of halogens is 3. The lowest BCUT2D eigenvalue weighted by Gasteiger charge is -2.21. The molecule has 1 atom stereocenters. The van der Waals surface area contributed by atoms with E-state index in [1.165, 1.54) is 31.4 Å². The highest BCUT2D eigenvalue weighted by Crippen LogP contribution is 2.25. The Hall–Kier alpha value is -3.95. The molecule has 0 spiro atoms. The topological polar surface area (TPSA) is 96.8 Å². The summed E-state index contributed by atoms with van der Waals surface area (Å²) in [5.74, 6) is 1.19. The number of amides is 1. The standard InChI is InChI=1S/C31H32Cl2FN7O/c32-24-11-10-23(26(33)16-24)19-36-30(42)27(12-9-21-5-2-1-3-6-21)38-28-17-29(41-14-13-35-20-41)40-31(39-28)37-18-22-7-4-8-25(34)15-22/h4,7-17,20-21,27H,1-3,5-6,18-19H2,(H,36,42)(H2,37,38,39,40)/b12-9+. The van der Waals surface area contributed by atoms with Crippen molar-refractivity contribution in [1.82, 2.24) is 24.8 Å². The average Bonchev–Trinajstić information content (AvgIpc) is 3.54. The Kier molecular flexibility index (Phi) is 10.0. The smallest absolute Gasteiger partial charge is 0.246 e. The number of carbonyl (C=O) groups is 1. The van der Waals surface area contributed by atoms with Crippen LogP contribution in [-0.2, 0) is 17.9 Å². The molecule has 218 valence electrons. The Balaban J connectivity index is 1.38. The summed E-state index contributed by atoms with van der Waals surface area (Å²) in [5, 5.41) is 10.5. The van der Waals surface area contributed by atoms with E-state index in [0.29, 0.717) is 40.1 Å². The molecule has 11 heteroatoms. The first-order valence-electron chi connectivity index (χ1n) is 14.0. The van der Waals surface area contributed by atoms with Gasteiger partial charge in [0.2, 0.25) is 11.9 Å². The van der Waals surface area contributed by atoms with E-state index in [0.717, 1.165) is 24.0 Å². The van der Waals surface area contributed by atoms with E-state index >= 15 is 0 Å². The van der Waals surface area contributed by atoms with Crippen LogP contribution in [0.4, 0.5) is 16.2 Å². The molecule has 3 N–H and O–H groups in total. The molecule has 1 aliphatic carbocycles. The van der Waals surface area contributed by atoms with Crippen molar-refractivity contribution in [2.24, 2.45) is 5.92 Å². The molecule has 1 fully saturated rings. The fourth-order valence-electron chi connectivity index (χ4n) is 4.85. The molecular formula is C31H32Cl2FN7O. The lowest BCUT2D eigenvalue weighted by atomic mass is 9.89. The van der Waals surface area contributed by atoms with Gasteiger partial charge in [-0.3, -0.25) is 9.36 Å². The minimum absolute atomic E-state index is 0.231. The number of aromatic nitrogens is 4. The Morgan fingerprint density at radius 2 is 1.93 bits per heavy atom. The molecule has 1 aliphatic rings. The molecule has 0 saturated heterocycles. The maximum absolute atomic E-state index is 13.7. The molecule has 5 rings (SSSR count). The highest BCUT2D eigenvalue weighted by molar-refractivity contribution is 6.35. The minimum atomic E-state index is -0.709. The van der Waals surface area contributed by atoms with E-state index < -0.39 is 6.04 Å². The van der Waals surface area contributed by atoms with Gasteiger partial charge in [-0.25, -0.2) is 9.37 Å². The predicted octanol–water partition coefficient (Wildman–Crippen LogP) is 6.95. The number of carbonyl (C=O) groups excluding carboxylic acids is 1. The normalized spacial score (nSPS) is 14.5. The molecule has 8 nitrogen and oxygen atoms in total. The van der Waals surface area contributed by atoms with Crippen molar-refractivity contribution in [3.63, 3.8) is 0 Å². The van der Waals surface area contributed by atoms with Crippen LogP contribution in [0.1, 0.15) is 43.2 Å². The fraction of sp³-hybridized carbons (Fsp3) is 0.290. The van der Waals surface area contributed by atoms with Crippen LogP contribution in [0.25, 0.3) is 5.82 Å². The Bertz CT molecular complexity index is 1520. The highest BCUT2D eigenvalue weighted by Gasteiger charge is 2.19. The van der Waals surface area contributed by atoms with Gasteiger partial charge in [-0.05, 0) is 54.2 Å². The van der Waals surface area contributed by atoms with Crippen LogP contribution in [0, 0.1) is 11.7 Å². The van der Waals surface area contributed by atoms with Gasteiger partial charge in [0.1, 0.15) is 29.8 Å². The third-order valence-electron chi connectivity index (χ3n) is 7.10. The van der Waals surface area contributed by atoms with E-state index in [1.807, 2.05) is 12.1 Å². The third-order valence-corrected chi connectivity index (χ3v) is 7.69. The maximum Gasteiger partial charge on any atom is 0.246 e. The first kappa shape index (κ1) is 29.5. The van der Waals surface area contributed by atoms with Gasteiger partial charge < -0.3 is 16.0 Å². The lowest BCUT2D eigenvalue weighted by Crippen LogP contribution is -2.38. The zero-order valence-corrected chi connectivity index (χ0v) is 24.5. The summed E-state index contributed by atoms with van der Waals surface area (Å²) in [5.41, 5.74) is 1.51. The Labute approximate surface area is 254 Å². The Morgan fingerprint density at radius 3 is 2.69 bits per heavy atom. The largest absolute Gasteiger partial charge is 0.355 e. The van der Waals surface area contributed by atoms with E-state index in [9.17, 15) is 9.18 Å².